The normalized spacial score (nSPS) is 11.8. The van der Waals surface area contributed by atoms with E-state index in [1.165, 1.54) is 24.3 Å². The molecule has 2 aromatic rings. The molecule has 0 radical (unpaired) electrons. The highest BCUT2D eigenvalue weighted by Crippen LogP contribution is 2.42. The van der Waals surface area contributed by atoms with Crippen LogP contribution in [0.1, 0.15) is 16.7 Å². The van der Waals surface area contributed by atoms with Crippen molar-refractivity contribution >= 4 is 23.2 Å². The highest BCUT2D eigenvalue weighted by atomic mass is 35.5. The molecular weight excluding hydrogens is 336 g/mol. The van der Waals surface area contributed by atoms with Gasteiger partial charge in [0.25, 0.3) is 0 Å². The van der Waals surface area contributed by atoms with Crippen LogP contribution in [0.25, 0.3) is 11.1 Å². The third-order valence-electron chi connectivity index (χ3n) is 3.25. The average molecular weight is 349 g/mol. The second kappa shape index (κ2) is 6.46. The third-order valence-corrected chi connectivity index (χ3v) is 3.77. The minimum atomic E-state index is -4.52. The van der Waals surface area contributed by atoms with E-state index < -0.39 is 11.7 Å². The zero-order valence-corrected chi connectivity index (χ0v) is 12.9. The van der Waals surface area contributed by atoms with E-state index in [1.54, 1.807) is 0 Å². The maximum atomic E-state index is 13.3. The minimum Gasteiger partial charge on any atom is -0.326 e. The third kappa shape index (κ3) is 3.38. The molecule has 0 aliphatic rings. The van der Waals surface area contributed by atoms with Crippen molar-refractivity contribution < 1.29 is 13.2 Å². The van der Waals surface area contributed by atoms with Crippen molar-refractivity contribution in [2.45, 2.75) is 19.3 Å². The molecule has 118 valence electrons. The van der Waals surface area contributed by atoms with Gasteiger partial charge in [-0.05, 0) is 41.0 Å². The first-order chi connectivity index (χ1) is 10.3. The maximum Gasteiger partial charge on any atom is 0.417 e. The van der Waals surface area contributed by atoms with Crippen molar-refractivity contribution in [2.75, 3.05) is 0 Å². The van der Waals surface area contributed by atoms with E-state index in [0.29, 0.717) is 16.1 Å². The zero-order valence-electron chi connectivity index (χ0n) is 11.3. The molecule has 22 heavy (non-hydrogen) atoms. The highest BCUT2D eigenvalue weighted by molar-refractivity contribution is 6.36. The number of nitrogens with two attached hydrogens (primary N) is 2. The largest absolute Gasteiger partial charge is 0.417 e. The van der Waals surface area contributed by atoms with Crippen molar-refractivity contribution in [3.8, 4) is 11.1 Å². The number of benzene rings is 2. The second-order valence-corrected chi connectivity index (χ2v) is 5.55. The van der Waals surface area contributed by atoms with Crippen molar-refractivity contribution in [3.05, 3.63) is 57.1 Å². The first-order valence-electron chi connectivity index (χ1n) is 6.36. The molecule has 0 saturated carbocycles. The lowest BCUT2D eigenvalue weighted by Gasteiger charge is -2.18. The molecule has 0 unspecified atom stereocenters. The Hall–Kier alpha value is -1.27. The molecule has 0 aliphatic heterocycles. The van der Waals surface area contributed by atoms with Gasteiger partial charge >= 0.3 is 6.18 Å². The van der Waals surface area contributed by atoms with Crippen LogP contribution in [0.15, 0.2) is 30.3 Å². The summed E-state index contributed by atoms with van der Waals surface area (Å²) in [6.45, 7) is 0.133. The van der Waals surface area contributed by atoms with Gasteiger partial charge in [-0.3, -0.25) is 0 Å². The van der Waals surface area contributed by atoms with Crippen LogP contribution >= 0.6 is 23.2 Å². The molecule has 0 aliphatic carbocycles. The van der Waals surface area contributed by atoms with Crippen LogP contribution in [-0.4, -0.2) is 0 Å². The topological polar surface area (TPSA) is 52.0 Å². The first-order valence-corrected chi connectivity index (χ1v) is 7.12. The molecule has 7 heteroatoms. The summed E-state index contributed by atoms with van der Waals surface area (Å²) in [5, 5.41) is 0.436. The van der Waals surface area contributed by atoms with Gasteiger partial charge in [0.2, 0.25) is 0 Å². The van der Waals surface area contributed by atoms with Crippen LogP contribution in [-0.2, 0) is 19.3 Å². The Balaban J connectivity index is 2.81. The Bertz CT molecular complexity index is 700. The predicted octanol–water partition coefficient (Wildman–Crippen LogP) is 4.60. The summed E-state index contributed by atoms with van der Waals surface area (Å²) >= 11 is 12.0. The molecule has 0 heterocycles. The van der Waals surface area contributed by atoms with Gasteiger partial charge in [-0.1, -0.05) is 29.3 Å². The molecule has 2 nitrogen and oxygen atoms in total. The van der Waals surface area contributed by atoms with Crippen molar-refractivity contribution in [1.82, 2.24) is 0 Å². The van der Waals surface area contributed by atoms with E-state index in [9.17, 15) is 13.2 Å². The van der Waals surface area contributed by atoms with E-state index in [2.05, 4.69) is 0 Å². The van der Waals surface area contributed by atoms with Gasteiger partial charge in [0.15, 0.2) is 0 Å². The van der Waals surface area contributed by atoms with E-state index in [0.717, 1.165) is 6.07 Å². The van der Waals surface area contributed by atoms with E-state index in [1.807, 2.05) is 0 Å². The summed E-state index contributed by atoms with van der Waals surface area (Å²) in [5.74, 6) is 0. The van der Waals surface area contributed by atoms with Crippen LogP contribution in [0.4, 0.5) is 13.2 Å². The fourth-order valence-electron chi connectivity index (χ4n) is 2.26. The van der Waals surface area contributed by atoms with Gasteiger partial charge in [0.05, 0.1) is 10.6 Å². The van der Waals surface area contributed by atoms with Crippen molar-refractivity contribution in [3.63, 3.8) is 0 Å². The molecule has 2 rings (SSSR count). The van der Waals surface area contributed by atoms with Crippen LogP contribution in [0.5, 0.6) is 0 Å². The van der Waals surface area contributed by atoms with E-state index in [4.69, 9.17) is 34.7 Å². The van der Waals surface area contributed by atoms with Gasteiger partial charge in [-0.2, -0.15) is 13.2 Å². The molecule has 0 aromatic heterocycles. The monoisotopic (exact) mass is 348 g/mol. The molecule has 0 saturated heterocycles. The molecule has 0 spiro atoms. The molecule has 4 N–H and O–H groups in total. The summed E-state index contributed by atoms with van der Waals surface area (Å²) in [5.41, 5.74) is 11.6. The lowest BCUT2D eigenvalue weighted by Crippen LogP contribution is -2.10. The average Bonchev–Trinajstić information content (AvgIpc) is 2.44. The Labute approximate surface area is 135 Å². The summed E-state index contributed by atoms with van der Waals surface area (Å²) in [7, 11) is 0. The van der Waals surface area contributed by atoms with Gasteiger partial charge in [0.1, 0.15) is 0 Å². The number of halogens is 5. The SMILES string of the molecule is NCc1ccc(C(F)(F)F)c(-c2c(Cl)cc(Cl)cc2CN)c1. The van der Waals surface area contributed by atoms with Gasteiger partial charge in [-0.25, -0.2) is 0 Å². The number of hydrogen-bond acceptors (Lipinski definition) is 2. The minimum absolute atomic E-state index is 0.0137. The van der Waals surface area contributed by atoms with Crippen LogP contribution in [0.2, 0.25) is 10.0 Å². The number of hydrogen-bond donors (Lipinski definition) is 2. The van der Waals surface area contributed by atoms with E-state index >= 15 is 0 Å². The Kier molecular flexibility index (Phi) is 5.02. The van der Waals surface area contributed by atoms with Crippen molar-refractivity contribution in [1.29, 1.82) is 0 Å². The lowest BCUT2D eigenvalue weighted by atomic mass is 9.93. The van der Waals surface area contributed by atoms with Gasteiger partial charge < -0.3 is 11.5 Å². The Morgan fingerprint density at radius 1 is 0.955 bits per heavy atom. The number of rotatable bonds is 3. The van der Waals surface area contributed by atoms with Gasteiger partial charge in [0, 0.05) is 23.7 Å². The Morgan fingerprint density at radius 3 is 2.18 bits per heavy atom. The molecule has 0 fully saturated rings. The summed E-state index contributed by atoms with van der Waals surface area (Å²) in [6, 6.07) is 6.64. The maximum absolute atomic E-state index is 13.3. The quantitative estimate of drug-likeness (QED) is 0.851. The summed E-state index contributed by atoms with van der Waals surface area (Å²) in [4.78, 5) is 0. The predicted molar refractivity (Wildman–Crippen MR) is 82.7 cm³/mol. The van der Waals surface area contributed by atoms with Crippen LogP contribution in [0.3, 0.4) is 0 Å². The molecule has 0 bridgehead atoms. The molecular formula is C15H13Cl2F3N2. The summed E-state index contributed by atoms with van der Waals surface area (Å²) < 4.78 is 39.9. The fourth-order valence-corrected chi connectivity index (χ4v) is 2.90. The fraction of sp³-hybridized carbons (Fsp3) is 0.200. The standard InChI is InChI=1S/C15H13Cl2F3N2/c16-10-4-9(7-22)14(13(17)5-10)11-3-8(6-21)1-2-12(11)15(18,19)20/h1-5H,6-7,21-22H2. The zero-order chi connectivity index (χ0) is 16.5. The molecule has 0 atom stereocenters. The summed E-state index contributed by atoms with van der Waals surface area (Å²) in [6.07, 6.45) is -4.52. The van der Waals surface area contributed by atoms with E-state index in [-0.39, 0.29) is 29.2 Å². The number of alkyl halides is 3. The highest BCUT2D eigenvalue weighted by Gasteiger charge is 2.34. The molecule has 2 aromatic carbocycles. The smallest absolute Gasteiger partial charge is 0.326 e. The van der Waals surface area contributed by atoms with Crippen molar-refractivity contribution in [2.24, 2.45) is 11.5 Å². The Morgan fingerprint density at radius 2 is 1.64 bits per heavy atom. The van der Waals surface area contributed by atoms with Crippen LogP contribution in [0, 0.1) is 0 Å². The molecule has 0 amide bonds. The second-order valence-electron chi connectivity index (χ2n) is 4.71. The first kappa shape index (κ1) is 17.1. The van der Waals surface area contributed by atoms with Crippen LogP contribution < -0.4 is 11.5 Å². The lowest BCUT2D eigenvalue weighted by molar-refractivity contribution is -0.137. The van der Waals surface area contributed by atoms with Gasteiger partial charge in [-0.15, -0.1) is 0 Å².